The molecule has 0 aromatic carbocycles. The summed E-state index contributed by atoms with van der Waals surface area (Å²) in [7, 11) is 0. The zero-order chi connectivity index (χ0) is 11.5. The lowest BCUT2D eigenvalue weighted by atomic mass is 10.1. The fourth-order valence-electron chi connectivity index (χ4n) is 1.01. The molecule has 0 aliphatic heterocycles. The van der Waals surface area contributed by atoms with Gasteiger partial charge in [-0.1, -0.05) is 0 Å². The second-order valence-corrected chi connectivity index (χ2v) is 4.69. The second-order valence-electron chi connectivity index (χ2n) is 3.77. The van der Waals surface area contributed by atoms with Crippen LogP contribution < -0.4 is 5.32 Å². The maximum Gasteiger partial charge on any atom is 0.261 e. The topological polar surface area (TPSA) is 69.6 Å². The number of carbonyl (C=O) groups is 1. The quantitative estimate of drug-likeness (QED) is 0.705. The summed E-state index contributed by atoms with van der Waals surface area (Å²) in [6, 6.07) is 1.86. The average Bonchev–Trinajstić information content (AvgIpc) is 2.61. The summed E-state index contributed by atoms with van der Waals surface area (Å²) in [4.78, 5) is 12.2. The minimum Gasteiger partial charge on any atom is -0.393 e. The van der Waals surface area contributed by atoms with Gasteiger partial charge in [0.15, 0.2) is 0 Å². The van der Waals surface area contributed by atoms with Crippen molar-refractivity contribution in [1.82, 2.24) is 5.32 Å². The number of carbonyl (C=O) groups excluding carboxylic acids is 1. The Morgan fingerprint density at radius 3 is 2.80 bits per heavy atom. The van der Waals surface area contributed by atoms with E-state index in [9.17, 15) is 9.90 Å². The molecule has 84 valence electrons. The summed E-state index contributed by atoms with van der Waals surface area (Å²) in [6.07, 6.45) is 0. The molecule has 4 nitrogen and oxygen atoms in total. The summed E-state index contributed by atoms with van der Waals surface area (Å²) in [5.41, 5.74) is -0.345. The highest BCUT2D eigenvalue weighted by atomic mass is 32.1. The van der Waals surface area contributed by atoms with E-state index in [0.717, 1.165) is 5.56 Å². The number of nitrogens with one attached hydrogen (secondary N) is 1. The summed E-state index contributed by atoms with van der Waals surface area (Å²) in [5, 5.41) is 22.7. The van der Waals surface area contributed by atoms with Crippen molar-refractivity contribution in [2.75, 3.05) is 13.2 Å². The molecule has 1 atom stereocenters. The van der Waals surface area contributed by atoms with Gasteiger partial charge in [-0.15, -0.1) is 11.3 Å². The Balaban J connectivity index is 2.55. The van der Waals surface area contributed by atoms with E-state index in [0.29, 0.717) is 4.88 Å². The Morgan fingerprint density at radius 2 is 2.33 bits per heavy atom. The van der Waals surface area contributed by atoms with Crippen molar-refractivity contribution in [1.29, 1.82) is 0 Å². The summed E-state index contributed by atoms with van der Waals surface area (Å²) >= 11 is 1.36. The van der Waals surface area contributed by atoms with E-state index in [1.807, 2.05) is 18.4 Å². The molecule has 0 fully saturated rings. The zero-order valence-electron chi connectivity index (χ0n) is 8.78. The van der Waals surface area contributed by atoms with E-state index in [1.165, 1.54) is 18.3 Å². The van der Waals surface area contributed by atoms with Gasteiger partial charge >= 0.3 is 0 Å². The fourth-order valence-corrected chi connectivity index (χ4v) is 1.85. The van der Waals surface area contributed by atoms with Crippen LogP contribution in [0, 0.1) is 6.92 Å². The normalized spacial score (nSPS) is 14.7. The first kappa shape index (κ1) is 12.2. The van der Waals surface area contributed by atoms with Crippen LogP contribution in [-0.2, 0) is 0 Å². The zero-order valence-corrected chi connectivity index (χ0v) is 9.60. The third-order valence-electron chi connectivity index (χ3n) is 2.04. The number of rotatable bonds is 4. The molecule has 0 saturated carbocycles. The van der Waals surface area contributed by atoms with Crippen LogP contribution in [0.5, 0.6) is 0 Å². The summed E-state index contributed by atoms with van der Waals surface area (Å²) in [6.45, 7) is 2.99. The lowest BCUT2D eigenvalue weighted by molar-refractivity contribution is 0.00323. The maximum absolute atomic E-state index is 11.6. The van der Waals surface area contributed by atoms with Crippen LogP contribution >= 0.6 is 11.3 Å². The Labute approximate surface area is 92.6 Å². The third kappa shape index (κ3) is 3.30. The van der Waals surface area contributed by atoms with Gasteiger partial charge in [-0.05, 0) is 30.9 Å². The summed E-state index contributed by atoms with van der Waals surface area (Å²) in [5.74, 6) is -0.212. The van der Waals surface area contributed by atoms with Gasteiger partial charge in [-0.2, -0.15) is 0 Å². The van der Waals surface area contributed by atoms with Gasteiger partial charge in [-0.3, -0.25) is 4.79 Å². The molecule has 1 amide bonds. The average molecular weight is 229 g/mol. The smallest absolute Gasteiger partial charge is 0.261 e. The molecule has 0 radical (unpaired) electrons. The molecule has 0 bridgehead atoms. The molecule has 5 heteroatoms. The Kier molecular flexibility index (Phi) is 3.84. The van der Waals surface area contributed by atoms with Crippen molar-refractivity contribution in [3.63, 3.8) is 0 Å². The first-order chi connectivity index (χ1) is 6.96. The van der Waals surface area contributed by atoms with Gasteiger partial charge in [0, 0.05) is 6.54 Å². The van der Waals surface area contributed by atoms with Crippen LogP contribution in [-0.4, -0.2) is 34.9 Å². The number of aliphatic hydroxyl groups is 2. The third-order valence-corrected chi connectivity index (χ3v) is 3.05. The SMILES string of the molecule is Cc1ccsc1C(=O)NCC(C)(O)CO. The second kappa shape index (κ2) is 4.74. The number of hydrogen-bond donors (Lipinski definition) is 3. The van der Waals surface area contributed by atoms with Crippen LogP contribution in [0.1, 0.15) is 22.2 Å². The highest BCUT2D eigenvalue weighted by Gasteiger charge is 2.20. The minimum atomic E-state index is -1.26. The van der Waals surface area contributed by atoms with Gasteiger partial charge in [0.25, 0.3) is 5.91 Å². The van der Waals surface area contributed by atoms with E-state index in [-0.39, 0.29) is 19.1 Å². The minimum absolute atomic E-state index is 0.0413. The fraction of sp³-hybridized carbons (Fsp3) is 0.500. The highest BCUT2D eigenvalue weighted by molar-refractivity contribution is 7.12. The van der Waals surface area contributed by atoms with E-state index in [1.54, 1.807) is 0 Å². The van der Waals surface area contributed by atoms with Crippen molar-refractivity contribution in [3.05, 3.63) is 21.9 Å². The number of hydrogen-bond acceptors (Lipinski definition) is 4. The van der Waals surface area contributed by atoms with Crippen molar-refractivity contribution in [2.45, 2.75) is 19.4 Å². The van der Waals surface area contributed by atoms with Crippen molar-refractivity contribution >= 4 is 17.2 Å². The van der Waals surface area contributed by atoms with Crippen LogP contribution in [0.2, 0.25) is 0 Å². The first-order valence-electron chi connectivity index (χ1n) is 4.62. The molecule has 1 heterocycles. The molecular formula is C10H15NO3S. The molecule has 1 aromatic rings. The standard InChI is InChI=1S/C10H15NO3S/c1-7-3-4-15-8(7)9(13)11-5-10(2,14)6-12/h3-4,12,14H,5-6H2,1-2H3,(H,11,13). The molecular weight excluding hydrogens is 214 g/mol. The van der Waals surface area contributed by atoms with E-state index in [4.69, 9.17) is 5.11 Å². The van der Waals surface area contributed by atoms with Crippen LogP contribution in [0.4, 0.5) is 0 Å². The lowest BCUT2D eigenvalue weighted by Crippen LogP contribution is -2.43. The predicted molar refractivity (Wildman–Crippen MR) is 59.1 cm³/mol. The molecule has 3 N–H and O–H groups in total. The van der Waals surface area contributed by atoms with E-state index in [2.05, 4.69) is 5.32 Å². The number of amides is 1. The van der Waals surface area contributed by atoms with Crippen molar-refractivity contribution in [2.24, 2.45) is 0 Å². The molecule has 1 unspecified atom stereocenters. The lowest BCUT2D eigenvalue weighted by Gasteiger charge is -2.20. The Morgan fingerprint density at radius 1 is 1.67 bits per heavy atom. The first-order valence-corrected chi connectivity index (χ1v) is 5.50. The highest BCUT2D eigenvalue weighted by Crippen LogP contribution is 2.15. The monoisotopic (exact) mass is 229 g/mol. The largest absolute Gasteiger partial charge is 0.393 e. The Hall–Kier alpha value is -0.910. The van der Waals surface area contributed by atoms with E-state index < -0.39 is 5.60 Å². The van der Waals surface area contributed by atoms with Crippen LogP contribution in [0.25, 0.3) is 0 Å². The van der Waals surface area contributed by atoms with Crippen LogP contribution in [0.3, 0.4) is 0 Å². The number of aryl methyl sites for hydroxylation is 1. The van der Waals surface area contributed by atoms with Gasteiger partial charge in [-0.25, -0.2) is 0 Å². The summed E-state index contributed by atoms with van der Waals surface area (Å²) < 4.78 is 0. The van der Waals surface area contributed by atoms with Gasteiger partial charge < -0.3 is 15.5 Å². The molecule has 1 aromatic heterocycles. The molecule has 15 heavy (non-hydrogen) atoms. The van der Waals surface area contributed by atoms with Crippen LogP contribution in [0.15, 0.2) is 11.4 Å². The molecule has 1 rings (SSSR count). The molecule has 0 saturated heterocycles. The Bertz CT molecular complexity index is 346. The van der Waals surface area contributed by atoms with Gasteiger partial charge in [0.1, 0.15) is 5.60 Å². The predicted octanol–water partition coefficient (Wildman–Crippen LogP) is 0.530. The van der Waals surface area contributed by atoms with E-state index >= 15 is 0 Å². The van der Waals surface area contributed by atoms with Gasteiger partial charge in [0.2, 0.25) is 0 Å². The van der Waals surface area contributed by atoms with Gasteiger partial charge in [0.05, 0.1) is 11.5 Å². The van der Waals surface area contributed by atoms with Crippen molar-refractivity contribution in [3.8, 4) is 0 Å². The molecule has 0 spiro atoms. The molecule has 0 aliphatic carbocycles. The van der Waals surface area contributed by atoms with Crippen molar-refractivity contribution < 1.29 is 15.0 Å². The number of thiophene rings is 1. The maximum atomic E-state index is 11.6. The number of aliphatic hydroxyl groups excluding tert-OH is 1. The molecule has 0 aliphatic rings.